The second kappa shape index (κ2) is 32.6. The van der Waals surface area contributed by atoms with Gasteiger partial charge in [0.2, 0.25) is 20.7 Å². The number of halogens is 12. The van der Waals surface area contributed by atoms with E-state index in [0.717, 1.165) is 55.1 Å². The Balaban J connectivity index is 0.000000268. The number of nitrogens with one attached hydrogen (secondary N) is 2. The van der Waals surface area contributed by atoms with E-state index < -0.39 is 178 Å². The number of ketones is 2. The molecule has 0 aliphatic heterocycles. The van der Waals surface area contributed by atoms with Crippen molar-refractivity contribution in [3.8, 4) is 40.2 Å². The van der Waals surface area contributed by atoms with E-state index in [4.69, 9.17) is 14.2 Å². The summed E-state index contributed by atoms with van der Waals surface area (Å²) < 4.78 is 231. The van der Waals surface area contributed by atoms with Crippen LogP contribution in [0.1, 0.15) is 101 Å². The fourth-order valence-corrected chi connectivity index (χ4v) is 13.2. The van der Waals surface area contributed by atoms with E-state index in [0.29, 0.717) is 54.6 Å². The monoisotopic (exact) mass is 1570 g/mol. The van der Waals surface area contributed by atoms with Gasteiger partial charge in [-0.1, -0.05) is 115 Å². The van der Waals surface area contributed by atoms with Crippen molar-refractivity contribution in [3.63, 3.8) is 0 Å². The van der Waals surface area contributed by atoms with E-state index >= 15 is 26.3 Å². The minimum Gasteiger partial charge on any atom is -0.508 e. The van der Waals surface area contributed by atoms with Crippen molar-refractivity contribution < 1.29 is 139 Å². The van der Waals surface area contributed by atoms with E-state index in [1.54, 1.807) is 19.1 Å². The Morgan fingerprint density at radius 2 is 0.757 bits per heavy atom. The third-order valence-corrected chi connectivity index (χ3v) is 19.0. The number of hydrogen-bond donors (Lipinski definition) is 6. The molecule has 0 saturated carbocycles. The number of aromatic hydroxyl groups is 2. The number of amides is 2. The third kappa shape index (κ3) is 16.9. The van der Waals surface area contributed by atoms with Crippen LogP contribution in [-0.2, 0) is 43.1 Å². The first kappa shape index (κ1) is 81.7. The highest BCUT2D eigenvalue weighted by atomic mass is 32.2. The minimum absolute atomic E-state index is 0.00734. The molecule has 0 saturated heterocycles. The fraction of sp³-hybridized carbons (Fsp3) is 0.128. The number of carbonyl (C=O) groups is 8. The van der Waals surface area contributed by atoms with Crippen LogP contribution in [0.3, 0.4) is 0 Å². The molecule has 0 unspecified atom stereocenters. The highest BCUT2D eigenvalue weighted by Crippen LogP contribution is 2.59. The summed E-state index contributed by atoms with van der Waals surface area (Å²) in [6.45, 7) is 1.76. The molecule has 10 aromatic rings. The van der Waals surface area contributed by atoms with Crippen LogP contribution in [0, 0.1) is 6.92 Å². The van der Waals surface area contributed by atoms with Crippen LogP contribution in [0.15, 0.2) is 228 Å². The lowest BCUT2D eigenvalue weighted by molar-refractivity contribution is -0.290. The van der Waals surface area contributed by atoms with Gasteiger partial charge in [0.15, 0.2) is 11.6 Å². The summed E-state index contributed by atoms with van der Waals surface area (Å²) >= 11 is 0. The van der Waals surface area contributed by atoms with Crippen molar-refractivity contribution >= 4 is 69.5 Å². The van der Waals surface area contributed by atoms with Crippen molar-refractivity contribution in [2.24, 2.45) is 0 Å². The molecule has 10 aromatic carbocycles. The minimum atomic E-state index is -6.19. The van der Waals surface area contributed by atoms with Gasteiger partial charge in [0.05, 0.1) is 50.5 Å². The number of para-hydroxylation sites is 2. The molecule has 6 N–H and O–H groups in total. The Kier molecular flexibility index (Phi) is 24.0. The van der Waals surface area contributed by atoms with Gasteiger partial charge < -0.3 is 50.0 Å². The Labute approximate surface area is 619 Å². The average Bonchev–Trinajstić information content (AvgIpc) is 0.716. The topological polar surface area (TPSA) is 313 Å². The molecule has 0 aromatic heterocycles. The number of anilines is 2. The summed E-state index contributed by atoms with van der Waals surface area (Å²) in [5, 5.41) is 44.0. The molecule has 10 rings (SSSR count). The standard InChI is InChI=1S/C46H33F6NO10S.C32H21F6NO8/c1-27-11-17-32(18-12-27)64(59,60)33-19-15-31(16-20-33)63-39-21-13-29(23-28(39)24-38(55)34-7-3-4-8-35(34)43(57)58)44(45(47,48)49,46(50,51)52)30-14-22-41(61-2)37(25-30)53-42(56)36-9-5-6-10-40(36)62-26-54;33-31(34,35)30(32(36,37)38,18-9-11-24(41)17(13-18)14-26(43)20-5-1-2-6-21(20)29(45)46)19-10-12-25(42)23(15-19)39-28(44)22-7-3-4-8-27(22)47-16-40/h3-23,25-26H,24H2,1-2H3,(H,53,56)(H,57,58);1-13,15-16,41-42H,14H2,(H,39,44)(H,45,46). The highest BCUT2D eigenvalue weighted by Gasteiger charge is 2.74. The van der Waals surface area contributed by atoms with Gasteiger partial charge in [0.25, 0.3) is 24.8 Å². The molecule has 33 heteroatoms. The van der Waals surface area contributed by atoms with Crippen LogP contribution < -0.4 is 29.6 Å². The van der Waals surface area contributed by atoms with Gasteiger partial charge in [0, 0.05) is 35.1 Å². The number of carboxylic acid groups (broad SMARTS) is 2. The number of rotatable bonds is 25. The molecule has 0 heterocycles. The number of phenols is 2. The van der Waals surface area contributed by atoms with Crippen LogP contribution in [0.2, 0.25) is 0 Å². The van der Waals surface area contributed by atoms with Gasteiger partial charge in [0.1, 0.15) is 40.2 Å². The van der Waals surface area contributed by atoms with Crippen molar-refractivity contribution in [1.82, 2.24) is 0 Å². The lowest BCUT2D eigenvalue weighted by Gasteiger charge is -2.39. The summed E-state index contributed by atoms with van der Waals surface area (Å²) in [5.41, 5.74) is -20.0. The van der Waals surface area contributed by atoms with Crippen LogP contribution in [0.4, 0.5) is 64.1 Å². The number of methoxy groups -OCH3 is 1. The molecule has 0 fully saturated rings. The quantitative estimate of drug-likeness (QED) is 0.0134. The second-order valence-electron chi connectivity index (χ2n) is 23.9. The van der Waals surface area contributed by atoms with Crippen molar-refractivity contribution in [2.45, 2.75) is 65.1 Å². The Bertz CT molecular complexity index is 5350. The van der Waals surface area contributed by atoms with E-state index in [9.17, 15) is 93.5 Å². The van der Waals surface area contributed by atoms with E-state index in [2.05, 4.69) is 10.1 Å². The van der Waals surface area contributed by atoms with Gasteiger partial charge in [-0.2, -0.15) is 52.7 Å². The number of Topliss-reactive ketones (excluding diaryl/α,β-unsaturated/α-hetero) is 2. The fourth-order valence-electron chi connectivity index (χ4n) is 11.9. The molecule has 0 bridgehead atoms. The zero-order valence-electron chi connectivity index (χ0n) is 56.8. The van der Waals surface area contributed by atoms with E-state index in [1.807, 2.05) is 5.32 Å². The van der Waals surface area contributed by atoms with Gasteiger partial charge in [-0.25, -0.2) is 18.0 Å². The molecule has 2 amide bonds. The summed E-state index contributed by atoms with van der Waals surface area (Å²) in [6, 6.07) is 36.2. The van der Waals surface area contributed by atoms with Crippen LogP contribution in [0.5, 0.6) is 40.2 Å². The second-order valence-corrected chi connectivity index (χ2v) is 25.9. The van der Waals surface area contributed by atoms with E-state index in [-0.39, 0.29) is 62.9 Å². The summed E-state index contributed by atoms with van der Waals surface area (Å²) in [4.78, 5) is 98.1. The predicted octanol–water partition coefficient (Wildman–Crippen LogP) is 16.4. The maximum atomic E-state index is 15.6. The van der Waals surface area contributed by atoms with Crippen molar-refractivity contribution in [3.05, 3.63) is 291 Å². The van der Waals surface area contributed by atoms with Gasteiger partial charge in [-0.05, 0) is 138 Å². The molecule has 0 aliphatic carbocycles. The molecular formula is C78H54F12N2O18S. The first-order chi connectivity index (χ1) is 52.2. The first-order valence-corrected chi connectivity index (χ1v) is 33.3. The molecule has 0 radical (unpaired) electrons. The molecule has 20 nitrogen and oxygen atoms in total. The molecule has 0 spiro atoms. The van der Waals surface area contributed by atoms with Crippen LogP contribution in [0.25, 0.3) is 0 Å². The largest absolute Gasteiger partial charge is 0.508 e. The number of aryl methyl sites for hydroxylation is 1. The zero-order valence-corrected chi connectivity index (χ0v) is 57.6. The van der Waals surface area contributed by atoms with Crippen molar-refractivity contribution in [1.29, 1.82) is 0 Å². The van der Waals surface area contributed by atoms with Crippen molar-refractivity contribution in [2.75, 3.05) is 17.7 Å². The van der Waals surface area contributed by atoms with Crippen LogP contribution in [-0.4, -0.2) is 109 Å². The molecule has 111 heavy (non-hydrogen) atoms. The lowest BCUT2D eigenvalue weighted by Crippen LogP contribution is -2.54. The first-order valence-electron chi connectivity index (χ1n) is 31.8. The van der Waals surface area contributed by atoms with Gasteiger partial charge in [-0.15, -0.1) is 0 Å². The highest BCUT2D eigenvalue weighted by molar-refractivity contribution is 7.91. The van der Waals surface area contributed by atoms with E-state index in [1.165, 1.54) is 103 Å². The normalized spacial score (nSPS) is 11.9. The SMILES string of the molecule is COc1ccc(C(c2ccc(Oc3ccc(S(=O)(=O)c4ccc(C)cc4)cc3)c(CC(=O)c3ccccc3C(=O)O)c2)(C(F)(F)F)C(F)(F)F)cc1NC(=O)c1ccccc1OC=O.O=COc1ccccc1C(=O)Nc1cc(C(c2ccc(O)c(CC(=O)c3ccccc3C(=O)O)c2)(C(F)(F)F)C(F)(F)F)ccc1O. The number of aromatic carboxylic acids is 2. The predicted molar refractivity (Wildman–Crippen MR) is 370 cm³/mol. The number of alkyl halides is 12. The Morgan fingerprint density at radius 3 is 1.18 bits per heavy atom. The molecule has 0 aliphatic rings. The number of carbonyl (C=O) groups excluding carboxylic acids is 6. The number of hydrogen-bond acceptors (Lipinski definition) is 16. The zero-order chi connectivity index (χ0) is 81.3. The smallest absolute Gasteiger partial charge is 0.411 e. The van der Waals surface area contributed by atoms with Gasteiger partial charge in [-0.3, -0.25) is 28.8 Å². The molecule has 574 valence electrons. The molecular weight excluding hydrogens is 1510 g/mol. The van der Waals surface area contributed by atoms with Gasteiger partial charge >= 0.3 is 36.6 Å². The number of sulfone groups is 1. The number of ether oxygens (including phenoxy) is 4. The average molecular weight is 1570 g/mol. The third-order valence-electron chi connectivity index (χ3n) is 17.2. The lowest BCUT2D eigenvalue weighted by atomic mass is 9.72. The Hall–Kier alpha value is -13.3. The summed E-state index contributed by atoms with van der Waals surface area (Å²) in [7, 11) is -2.98. The number of benzene rings is 10. The molecule has 0 atom stereocenters. The maximum Gasteiger partial charge on any atom is 0.411 e. The number of phenolic OH excluding ortho intramolecular Hbond substituents is 2. The number of carboxylic acids is 2. The maximum absolute atomic E-state index is 15.6. The summed E-state index contributed by atoms with van der Waals surface area (Å²) in [6.07, 6.45) is -26.6. The Morgan fingerprint density at radius 1 is 0.405 bits per heavy atom. The summed E-state index contributed by atoms with van der Waals surface area (Å²) in [5.74, 6) is -10.6. The van der Waals surface area contributed by atoms with Crippen LogP contribution >= 0.6 is 0 Å².